The maximum Gasteiger partial charge on any atom is 0.254 e. The standard InChI is InChI=1S/C14H18BrNO/c1-5-8-16(10(2)3)14(17)13-9-12(15)7-6-11(13)4/h5-7,9-10H,1,8H2,2-4H3. The zero-order valence-electron chi connectivity index (χ0n) is 10.5. The van der Waals surface area contributed by atoms with Gasteiger partial charge >= 0.3 is 0 Å². The van der Waals surface area contributed by atoms with Crippen LogP contribution in [-0.4, -0.2) is 23.4 Å². The van der Waals surface area contributed by atoms with Gasteiger partial charge in [0.2, 0.25) is 0 Å². The zero-order chi connectivity index (χ0) is 13.0. The molecule has 0 saturated heterocycles. The number of halogens is 1. The number of benzene rings is 1. The van der Waals surface area contributed by atoms with Crippen molar-refractivity contribution in [2.75, 3.05) is 6.54 Å². The number of rotatable bonds is 4. The zero-order valence-corrected chi connectivity index (χ0v) is 12.1. The van der Waals surface area contributed by atoms with E-state index in [-0.39, 0.29) is 11.9 Å². The Balaban J connectivity index is 3.08. The van der Waals surface area contributed by atoms with Crippen molar-refractivity contribution in [2.24, 2.45) is 0 Å². The molecule has 0 N–H and O–H groups in total. The molecule has 0 fully saturated rings. The minimum atomic E-state index is 0.0544. The normalized spacial score (nSPS) is 10.4. The van der Waals surface area contributed by atoms with Gasteiger partial charge < -0.3 is 4.90 Å². The fourth-order valence-electron chi connectivity index (χ4n) is 1.65. The average Bonchev–Trinajstić information content (AvgIpc) is 2.28. The van der Waals surface area contributed by atoms with E-state index in [0.717, 1.165) is 15.6 Å². The molecule has 0 aliphatic carbocycles. The Bertz CT molecular complexity index is 426. The van der Waals surface area contributed by atoms with Gasteiger partial charge in [-0.2, -0.15) is 0 Å². The summed E-state index contributed by atoms with van der Waals surface area (Å²) in [6.07, 6.45) is 1.76. The lowest BCUT2D eigenvalue weighted by atomic mass is 10.1. The second-order valence-corrected chi connectivity index (χ2v) is 5.21. The predicted octanol–water partition coefficient (Wildman–Crippen LogP) is 3.79. The molecule has 92 valence electrons. The molecule has 0 heterocycles. The van der Waals surface area contributed by atoms with Crippen LogP contribution in [0.5, 0.6) is 0 Å². The van der Waals surface area contributed by atoms with Crippen LogP contribution in [0.15, 0.2) is 35.3 Å². The fraction of sp³-hybridized carbons (Fsp3) is 0.357. The second-order valence-electron chi connectivity index (χ2n) is 4.30. The fourth-order valence-corrected chi connectivity index (χ4v) is 2.01. The highest BCUT2D eigenvalue weighted by Crippen LogP contribution is 2.18. The van der Waals surface area contributed by atoms with E-state index >= 15 is 0 Å². The minimum absolute atomic E-state index is 0.0544. The van der Waals surface area contributed by atoms with E-state index in [2.05, 4.69) is 22.5 Å². The highest BCUT2D eigenvalue weighted by molar-refractivity contribution is 9.10. The average molecular weight is 296 g/mol. The smallest absolute Gasteiger partial charge is 0.254 e. The molecule has 1 aromatic rings. The van der Waals surface area contributed by atoms with E-state index in [1.807, 2.05) is 43.9 Å². The first-order valence-electron chi connectivity index (χ1n) is 5.65. The van der Waals surface area contributed by atoms with Crippen LogP contribution < -0.4 is 0 Å². The van der Waals surface area contributed by atoms with Gasteiger partial charge in [-0.3, -0.25) is 4.79 Å². The van der Waals surface area contributed by atoms with Crippen molar-refractivity contribution >= 4 is 21.8 Å². The Kier molecular flexibility index (Phi) is 4.94. The number of aryl methyl sites for hydroxylation is 1. The molecule has 0 spiro atoms. The lowest BCUT2D eigenvalue weighted by Gasteiger charge is -2.26. The van der Waals surface area contributed by atoms with Crippen molar-refractivity contribution in [3.63, 3.8) is 0 Å². The van der Waals surface area contributed by atoms with E-state index in [0.29, 0.717) is 6.54 Å². The van der Waals surface area contributed by atoms with Gasteiger partial charge in [0.15, 0.2) is 0 Å². The third kappa shape index (κ3) is 3.43. The van der Waals surface area contributed by atoms with Crippen LogP contribution >= 0.6 is 15.9 Å². The summed E-state index contributed by atoms with van der Waals surface area (Å²) in [5, 5.41) is 0. The topological polar surface area (TPSA) is 20.3 Å². The molecule has 0 radical (unpaired) electrons. The number of carbonyl (C=O) groups excluding carboxylic acids is 1. The third-order valence-electron chi connectivity index (χ3n) is 2.64. The van der Waals surface area contributed by atoms with Crippen molar-refractivity contribution in [3.05, 3.63) is 46.5 Å². The number of amides is 1. The summed E-state index contributed by atoms with van der Waals surface area (Å²) in [5.74, 6) is 0.0544. The monoisotopic (exact) mass is 295 g/mol. The largest absolute Gasteiger partial charge is 0.333 e. The molecule has 0 aliphatic rings. The van der Waals surface area contributed by atoms with E-state index < -0.39 is 0 Å². The highest BCUT2D eigenvalue weighted by Gasteiger charge is 2.19. The van der Waals surface area contributed by atoms with Crippen molar-refractivity contribution in [2.45, 2.75) is 26.8 Å². The molecule has 0 aliphatic heterocycles. The first-order valence-corrected chi connectivity index (χ1v) is 6.44. The molecule has 17 heavy (non-hydrogen) atoms. The number of carbonyl (C=O) groups is 1. The molecule has 0 aromatic heterocycles. The number of hydrogen-bond donors (Lipinski definition) is 0. The quantitative estimate of drug-likeness (QED) is 0.774. The van der Waals surface area contributed by atoms with Gasteiger partial charge in [-0.25, -0.2) is 0 Å². The Morgan fingerprint density at radius 3 is 2.71 bits per heavy atom. The lowest BCUT2D eigenvalue weighted by molar-refractivity contribution is 0.0728. The van der Waals surface area contributed by atoms with Crippen LogP contribution in [0, 0.1) is 6.92 Å². The third-order valence-corrected chi connectivity index (χ3v) is 3.13. The van der Waals surface area contributed by atoms with Gasteiger partial charge in [0.25, 0.3) is 5.91 Å². The molecule has 0 bridgehead atoms. The van der Waals surface area contributed by atoms with Crippen LogP contribution in [0.2, 0.25) is 0 Å². The SMILES string of the molecule is C=CCN(C(=O)c1cc(Br)ccc1C)C(C)C. The maximum atomic E-state index is 12.4. The number of hydrogen-bond acceptors (Lipinski definition) is 1. The summed E-state index contributed by atoms with van der Waals surface area (Å²) in [5.41, 5.74) is 1.74. The number of nitrogens with zero attached hydrogens (tertiary/aromatic N) is 1. The molecule has 1 aromatic carbocycles. The van der Waals surface area contributed by atoms with Crippen LogP contribution in [0.3, 0.4) is 0 Å². The first kappa shape index (κ1) is 14.0. The Hall–Kier alpha value is -1.09. The van der Waals surface area contributed by atoms with Crippen LogP contribution in [0.25, 0.3) is 0 Å². The Morgan fingerprint density at radius 2 is 2.18 bits per heavy atom. The molecule has 0 saturated carbocycles. The first-order chi connectivity index (χ1) is 7.97. The summed E-state index contributed by atoms with van der Waals surface area (Å²) in [6.45, 7) is 10.2. The molecule has 2 nitrogen and oxygen atoms in total. The molecule has 3 heteroatoms. The van der Waals surface area contributed by atoms with Gasteiger partial charge in [0.05, 0.1) is 0 Å². The van der Waals surface area contributed by atoms with Crippen molar-refractivity contribution < 1.29 is 4.79 Å². The van der Waals surface area contributed by atoms with E-state index in [1.165, 1.54) is 0 Å². The van der Waals surface area contributed by atoms with Crippen molar-refractivity contribution in [3.8, 4) is 0 Å². The van der Waals surface area contributed by atoms with Crippen LogP contribution in [-0.2, 0) is 0 Å². The van der Waals surface area contributed by atoms with Gasteiger partial charge in [-0.15, -0.1) is 6.58 Å². The minimum Gasteiger partial charge on any atom is -0.333 e. The van der Waals surface area contributed by atoms with Gasteiger partial charge in [-0.05, 0) is 38.5 Å². The van der Waals surface area contributed by atoms with E-state index in [4.69, 9.17) is 0 Å². The van der Waals surface area contributed by atoms with Gasteiger partial charge in [0.1, 0.15) is 0 Å². The summed E-state index contributed by atoms with van der Waals surface area (Å²) >= 11 is 3.40. The summed E-state index contributed by atoms with van der Waals surface area (Å²) in [7, 11) is 0. The van der Waals surface area contributed by atoms with Crippen LogP contribution in [0.1, 0.15) is 29.8 Å². The predicted molar refractivity (Wildman–Crippen MR) is 75.2 cm³/mol. The van der Waals surface area contributed by atoms with Crippen molar-refractivity contribution in [1.29, 1.82) is 0 Å². The Labute approximate surface area is 111 Å². The summed E-state index contributed by atoms with van der Waals surface area (Å²) < 4.78 is 0.925. The maximum absolute atomic E-state index is 12.4. The van der Waals surface area contributed by atoms with Gasteiger partial charge in [0, 0.05) is 22.6 Å². The van der Waals surface area contributed by atoms with E-state index in [9.17, 15) is 4.79 Å². The highest BCUT2D eigenvalue weighted by atomic mass is 79.9. The van der Waals surface area contributed by atoms with E-state index in [1.54, 1.807) is 6.08 Å². The van der Waals surface area contributed by atoms with Crippen LogP contribution in [0.4, 0.5) is 0 Å². The lowest BCUT2D eigenvalue weighted by Crippen LogP contribution is -2.37. The second kappa shape index (κ2) is 6.01. The van der Waals surface area contributed by atoms with Crippen molar-refractivity contribution in [1.82, 2.24) is 4.90 Å². The molecule has 1 rings (SSSR count). The molecule has 1 amide bonds. The summed E-state index contributed by atoms with van der Waals surface area (Å²) in [4.78, 5) is 14.2. The Morgan fingerprint density at radius 1 is 1.53 bits per heavy atom. The molecule has 0 atom stereocenters. The summed E-state index contributed by atoms with van der Waals surface area (Å²) in [6, 6.07) is 5.93. The molecular weight excluding hydrogens is 278 g/mol. The molecule has 0 unspecified atom stereocenters. The molecular formula is C14H18BrNO. The van der Waals surface area contributed by atoms with Gasteiger partial charge in [-0.1, -0.05) is 28.1 Å².